The van der Waals surface area contributed by atoms with Crippen LogP contribution in [-0.2, 0) is 23.1 Å². The highest BCUT2D eigenvalue weighted by atomic mass is 32.2. The molecule has 0 aliphatic heterocycles. The van der Waals surface area contributed by atoms with Crippen LogP contribution in [0.25, 0.3) is 11.6 Å². The summed E-state index contributed by atoms with van der Waals surface area (Å²) in [6.45, 7) is 5.05. The molecular formula is C24H30N2O5S2. The van der Waals surface area contributed by atoms with Crippen LogP contribution in [0.2, 0.25) is 0 Å². The number of hydrogen-bond donors (Lipinski definition) is 2. The quantitative estimate of drug-likeness (QED) is 0.384. The Hall–Kier alpha value is -2.75. The highest BCUT2D eigenvalue weighted by molar-refractivity contribution is 7.85. The Kier molecular flexibility index (Phi) is 10.0. The first-order valence-electron chi connectivity index (χ1n) is 10.7. The molecule has 0 unspecified atom stereocenters. The van der Waals surface area contributed by atoms with Crippen LogP contribution in [0, 0.1) is 0 Å². The number of imidazole rings is 1. The molecule has 0 radical (unpaired) electrons. The smallest absolute Gasteiger partial charge is 0.335 e. The summed E-state index contributed by atoms with van der Waals surface area (Å²) in [4.78, 5) is 17.1. The predicted octanol–water partition coefficient (Wildman–Crippen LogP) is 5.49. The number of aryl methyl sites for hydroxylation is 1. The van der Waals surface area contributed by atoms with Crippen LogP contribution >= 0.6 is 11.3 Å². The maximum atomic E-state index is 11.1. The van der Waals surface area contributed by atoms with Crippen molar-refractivity contribution in [2.75, 3.05) is 6.26 Å². The molecule has 2 N–H and O–H groups in total. The van der Waals surface area contributed by atoms with Crippen molar-refractivity contribution in [3.05, 3.63) is 75.5 Å². The van der Waals surface area contributed by atoms with Crippen LogP contribution in [0.15, 0.2) is 48.0 Å². The molecule has 0 saturated heterocycles. The van der Waals surface area contributed by atoms with E-state index in [-0.39, 0.29) is 0 Å². The van der Waals surface area contributed by atoms with Gasteiger partial charge in [0.2, 0.25) is 0 Å². The number of carboxylic acids is 1. The lowest BCUT2D eigenvalue weighted by atomic mass is 10.1. The van der Waals surface area contributed by atoms with E-state index in [1.165, 1.54) is 10.5 Å². The third-order valence-electron chi connectivity index (χ3n) is 4.81. The molecule has 7 nitrogen and oxygen atoms in total. The van der Waals surface area contributed by atoms with Crippen molar-refractivity contribution < 1.29 is 22.9 Å². The van der Waals surface area contributed by atoms with E-state index in [1.54, 1.807) is 23.5 Å². The Morgan fingerprint density at radius 2 is 1.85 bits per heavy atom. The molecule has 0 bridgehead atoms. The standard InChI is InChI=1S/C23H26N2O2S.CH4O3S/c1-3-5-8-22-24-15-20(14-18(4-2)21-7-6-13-28-21)25(22)16-17-9-11-19(12-10-17)23(26)27;1-5(2,3)4/h6-7,9-15H,3-5,8,16H2,1-2H3,(H,26,27);1H3,(H,2,3,4)/b18-14+;. The molecule has 0 aliphatic rings. The van der Waals surface area contributed by atoms with Crippen molar-refractivity contribution in [3.8, 4) is 0 Å². The van der Waals surface area contributed by atoms with Crippen LogP contribution in [0.1, 0.15) is 65.4 Å². The summed E-state index contributed by atoms with van der Waals surface area (Å²) in [5, 5.41) is 11.2. The number of hydrogen-bond acceptors (Lipinski definition) is 5. The Labute approximate surface area is 199 Å². The van der Waals surface area contributed by atoms with Gasteiger partial charge in [-0.3, -0.25) is 4.55 Å². The molecule has 0 saturated carbocycles. The molecule has 3 aromatic rings. The molecule has 33 heavy (non-hydrogen) atoms. The number of aromatic nitrogens is 2. The molecule has 0 amide bonds. The first kappa shape index (κ1) is 26.5. The van der Waals surface area contributed by atoms with E-state index in [2.05, 4.69) is 42.0 Å². The number of aromatic carboxylic acids is 1. The van der Waals surface area contributed by atoms with Crippen molar-refractivity contribution in [3.63, 3.8) is 0 Å². The fourth-order valence-electron chi connectivity index (χ4n) is 3.18. The van der Waals surface area contributed by atoms with E-state index >= 15 is 0 Å². The van der Waals surface area contributed by atoms with Gasteiger partial charge < -0.3 is 9.67 Å². The Balaban J connectivity index is 0.000000696. The second kappa shape index (κ2) is 12.5. The highest BCUT2D eigenvalue weighted by Crippen LogP contribution is 2.26. The van der Waals surface area contributed by atoms with Crippen molar-refractivity contribution >= 4 is 39.1 Å². The molecule has 0 atom stereocenters. The SMILES string of the molecule is CCCCc1ncc(/C=C(\CC)c2cccs2)n1Cc1ccc(C(=O)O)cc1.CS(=O)(=O)O. The summed E-state index contributed by atoms with van der Waals surface area (Å²) in [5.41, 5.74) is 3.79. The number of carboxylic acid groups (broad SMARTS) is 1. The number of nitrogens with zero attached hydrogens (tertiary/aromatic N) is 2. The van der Waals surface area contributed by atoms with Gasteiger partial charge in [-0.1, -0.05) is 38.5 Å². The number of benzene rings is 1. The largest absolute Gasteiger partial charge is 0.478 e. The lowest BCUT2D eigenvalue weighted by Crippen LogP contribution is -2.08. The molecular weight excluding hydrogens is 460 g/mol. The van der Waals surface area contributed by atoms with E-state index in [0.29, 0.717) is 18.4 Å². The third-order valence-corrected chi connectivity index (χ3v) is 5.75. The summed E-state index contributed by atoms with van der Waals surface area (Å²) in [5.74, 6) is 0.182. The summed E-state index contributed by atoms with van der Waals surface area (Å²) in [6, 6.07) is 11.3. The topological polar surface area (TPSA) is 109 Å². The van der Waals surface area contributed by atoms with Gasteiger partial charge >= 0.3 is 5.97 Å². The number of rotatable bonds is 9. The van der Waals surface area contributed by atoms with E-state index in [4.69, 9.17) is 14.6 Å². The van der Waals surface area contributed by atoms with Crippen molar-refractivity contribution in [1.29, 1.82) is 0 Å². The van der Waals surface area contributed by atoms with Gasteiger partial charge in [0.25, 0.3) is 10.1 Å². The van der Waals surface area contributed by atoms with Gasteiger partial charge in [0.05, 0.1) is 23.7 Å². The first-order chi connectivity index (χ1) is 15.6. The molecule has 2 heterocycles. The van der Waals surface area contributed by atoms with Gasteiger partial charge in [0, 0.05) is 17.8 Å². The fraction of sp³-hybridized carbons (Fsp3) is 0.333. The van der Waals surface area contributed by atoms with Gasteiger partial charge in [-0.05, 0) is 53.6 Å². The van der Waals surface area contributed by atoms with Crippen molar-refractivity contribution in [2.45, 2.75) is 46.1 Å². The van der Waals surface area contributed by atoms with Gasteiger partial charge in [0.15, 0.2) is 0 Å². The predicted molar refractivity (Wildman–Crippen MR) is 133 cm³/mol. The van der Waals surface area contributed by atoms with Crippen LogP contribution in [-0.4, -0.2) is 39.9 Å². The van der Waals surface area contributed by atoms with Crippen LogP contribution in [0.3, 0.4) is 0 Å². The maximum Gasteiger partial charge on any atom is 0.335 e. The van der Waals surface area contributed by atoms with E-state index in [9.17, 15) is 13.2 Å². The van der Waals surface area contributed by atoms with Crippen LogP contribution < -0.4 is 0 Å². The molecule has 0 aliphatic carbocycles. The molecule has 0 fully saturated rings. The number of unbranched alkanes of at least 4 members (excludes halogenated alkanes) is 1. The monoisotopic (exact) mass is 490 g/mol. The van der Waals surface area contributed by atoms with E-state index in [0.717, 1.165) is 42.8 Å². The summed E-state index contributed by atoms with van der Waals surface area (Å²) in [6.07, 6.45) is 9.04. The lowest BCUT2D eigenvalue weighted by Gasteiger charge is -2.12. The first-order valence-corrected chi connectivity index (χ1v) is 13.4. The molecule has 0 spiro atoms. The molecule has 1 aromatic carbocycles. The Morgan fingerprint density at radius 3 is 2.36 bits per heavy atom. The van der Waals surface area contributed by atoms with Crippen LogP contribution in [0.5, 0.6) is 0 Å². The maximum absolute atomic E-state index is 11.1. The lowest BCUT2D eigenvalue weighted by molar-refractivity contribution is 0.0697. The second-order valence-corrected chi connectivity index (χ2v) is 9.94. The van der Waals surface area contributed by atoms with Crippen LogP contribution in [0.4, 0.5) is 0 Å². The minimum Gasteiger partial charge on any atom is -0.478 e. The number of thiophene rings is 1. The minimum atomic E-state index is -3.67. The molecule has 9 heteroatoms. The van der Waals surface area contributed by atoms with Gasteiger partial charge in [-0.2, -0.15) is 8.42 Å². The molecule has 178 valence electrons. The van der Waals surface area contributed by atoms with E-state index in [1.807, 2.05) is 18.3 Å². The zero-order chi connectivity index (χ0) is 24.4. The van der Waals surface area contributed by atoms with Gasteiger partial charge in [-0.25, -0.2) is 9.78 Å². The van der Waals surface area contributed by atoms with E-state index < -0.39 is 16.1 Å². The second-order valence-electron chi connectivity index (χ2n) is 7.52. The Bertz CT molecular complexity index is 1150. The number of allylic oxidation sites excluding steroid dienone is 1. The third kappa shape index (κ3) is 8.95. The average molecular weight is 491 g/mol. The minimum absolute atomic E-state index is 0.312. The van der Waals surface area contributed by atoms with Crippen molar-refractivity contribution in [1.82, 2.24) is 9.55 Å². The summed E-state index contributed by atoms with van der Waals surface area (Å²) >= 11 is 1.76. The molecule has 2 aromatic heterocycles. The normalized spacial score (nSPS) is 11.7. The fourth-order valence-corrected chi connectivity index (χ4v) is 4.00. The van der Waals surface area contributed by atoms with Crippen molar-refractivity contribution in [2.24, 2.45) is 0 Å². The summed E-state index contributed by atoms with van der Waals surface area (Å²) in [7, 11) is -3.67. The summed E-state index contributed by atoms with van der Waals surface area (Å²) < 4.78 is 28.1. The van der Waals surface area contributed by atoms with Gasteiger partial charge in [-0.15, -0.1) is 11.3 Å². The average Bonchev–Trinajstić information content (AvgIpc) is 3.40. The zero-order valence-corrected chi connectivity index (χ0v) is 20.7. The van der Waals surface area contributed by atoms with Gasteiger partial charge in [0.1, 0.15) is 5.82 Å². The zero-order valence-electron chi connectivity index (χ0n) is 19.1. The molecule has 3 rings (SSSR count). The Morgan fingerprint density at radius 1 is 1.18 bits per heavy atom. The number of carbonyl (C=O) groups is 1. The highest BCUT2D eigenvalue weighted by Gasteiger charge is 2.11.